The lowest BCUT2D eigenvalue weighted by atomic mass is 10.00. The monoisotopic (exact) mass is 564 g/mol. The lowest BCUT2D eigenvalue weighted by Gasteiger charge is -2.37. The first kappa shape index (κ1) is 27.2. The van der Waals surface area contributed by atoms with Crippen LogP contribution in [-0.2, 0) is 0 Å². The van der Waals surface area contributed by atoms with Crippen LogP contribution >= 0.6 is 0 Å². The highest BCUT2D eigenvalue weighted by molar-refractivity contribution is 6.05. The molecule has 42 heavy (non-hydrogen) atoms. The van der Waals surface area contributed by atoms with Crippen molar-refractivity contribution in [2.24, 2.45) is 0 Å². The summed E-state index contributed by atoms with van der Waals surface area (Å²) in [7, 11) is 0. The summed E-state index contributed by atoms with van der Waals surface area (Å²) in [6, 6.07) is 23.7. The Kier molecular flexibility index (Phi) is 7.41. The summed E-state index contributed by atoms with van der Waals surface area (Å²) in [5, 5.41) is 14.8. The molecule has 5 aromatic rings. The maximum Gasteiger partial charge on any atom is 0.335 e. The second kappa shape index (κ2) is 11.5. The van der Waals surface area contributed by atoms with Crippen molar-refractivity contribution < 1.29 is 23.8 Å². The molecule has 9 heteroatoms. The van der Waals surface area contributed by atoms with Gasteiger partial charge in [-0.2, -0.15) is 0 Å². The number of carboxylic acid groups (broad SMARTS) is 1. The molecule has 0 amide bonds. The SMILES string of the molecule is CCOc1cccc(-n2cc(C(=O)C3CNCCN3c3cc(C(=O)O)cc4ccccc34)nc2-c2ccc(F)cc2)c1. The van der Waals surface area contributed by atoms with E-state index in [2.05, 4.69) is 5.32 Å². The Morgan fingerprint density at radius 2 is 1.86 bits per heavy atom. The number of anilines is 1. The van der Waals surface area contributed by atoms with E-state index in [0.29, 0.717) is 49.1 Å². The van der Waals surface area contributed by atoms with Gasteiger partial charge < -0.3 is 20.1 Å². The number of carboxylic acids is 1. The fourth-order valence-corrected chi connectivity index (χ4v) is 5.44. The van der Waals surface area contributed by atoms with Gasteiger partial charge in [0.15, 0.2) is 0 Å². The molecule has 8 nitrogen and oxygen atoms in total. The molecule has 4 aromatic carbocycles. The Morgan fingerprint density at radius 1 is 1.05 bits per heavy atom. The number of imidazole rings is 1. The summed E-state index contributed by atoms with van der Waals surface area (Å²) < 4.78 is 21.3. The molecular formula is C33H29FN4O4. The minimum atomic E-state index is -1.03. The van der Waals surface area contributed by atoms with E-state index in [4.69, 9.17) is 9.72 Å². The molecule has 6 rings (SSSR count). The van der Waals surface area contributed by atoms with E-state index in [9.17, 15) is 19.1 Å². The molecule has 1 aromatic heterocycles. The highest BCUT2D eigenvalue weighted by atomic mass is 19.1. The second-order valence-corrected chi connectivity index (χ2v) is 10.1. The zero-order valence-corrected chi connectivity index (χ0v) is 23.0. The summed E-state index contributed by atoms with van der Waals surface area (Å²) in [4.78, 5) is 32.9. The zero-order chi connectivity index (χ0) is 29.2. The number of ether oxygens (including phenoxy) is 1. The van der Waals surface area contributed by atoms with Crippen LogP contribution in [0.25, 0.3) is 27.8 Å². The number of carbonyl (C=O) groups excluding carboxylic acids is 1. The van der Waals surface area contributed by atoms with Crippen molar-refractivity contribution in [2.45, 2.75) is 13.0 Å². The predicted molar refractivity (Wildman–Crippen MR) is 159 cm³/mol. The minimum Gasteiger partial charge on any atom is -0.494 e. The summed E-state index contributed by atoms with van der Waals surface area (Å²) in [5.74, 6) is -0.451. The average Bonchev–Trinajstić information content (AvgIpc) is 3.46. The van der Waals surface area contributed by atoms with Crippen LogP contribution in [0.5, 0.6) is 5.75 Å². The van der Waals surface area contributed by atoms with E-state index in [0.717, 1.165) is 16.5 Å². The molecule has 0 aliphatic carbocycles. The first-order valence-electron chi connectivity index (χ1n) is 13.8. The Labute approximate surface area is 242 Å². The topological polar surface area (TPSA) is 96.7 Å². The molecule has 1 atom stereocenters. The normalized spacial score (nSPS) is 15.1. The summed E-state index contributed by atoms with van der Waals surface area (Å²) >= 11 is 0. The number of halogens is 1. The number of fused-ring (bicyclic) bond motifs is 1. The number of benzene rings is 4. The maximum absolute atomic E-state index is 14.2. The Hall–Kier alpha value is -5.02. The van der Waals surface area contributed by atoms with Gasteiger partial charge in [0.2, 0.25) is 5.78 Å². The number of nitrogens with one attached hydrogen (secondary N) is 1. The third-order valence-corrected chi connectivity index (χ3v) is 7.41. The highest BCUT2D eigenvalue weighted by Crippen LogP contribution is 2.32. The van der Waals surface area contributed by atoms with Crippen LogP contribution in [0.2, 0.25) is 0 Å². The van der Waals surface area contributed by atoms with Gasteiger partial charge in [-0.05, 0) is 60.8 Å². The van der Waals surface area contributed by atoms with E-state index in [1.165, 1.54) is 12.1 Å². The molecule has 2 N–H and O–H groups in total. The number of ketones is 1. The van der Waals surface area contributed by atoms with Gasteiger partial charge in [0.25, 0.3) is 0 Å². The number of Topliss-reactive ketones (excluding diaryl/α,β-unsaturated/α-hetero) is 1. The summed E-state index contributed by atoms with van der Waals surface area (Å²) in [6.07, 6.45) is 1.70. The van der Waals surface area contributed by atoms with E-state index < -0.39 is 12.0 Å². The van der Waals surface area contributed by atoms with Crippen LogP contribution in [0.1, 0.15) is 27.8 Å². The molecule has 1 aliphatic rings. The number of aromatic nitrogens is 2. The molecule has 1 fully saturated rings. The number of nitrogens with zero attached hydrogens (tertiary/aromatic N) is 3. The van der Waals surface area contributed by atoms with Gasteiger partial charge in [-0.25, -0.2) is 14.2 Å². The molecule has 1 saturated heterocycles. The largest absolute Gasteiger partial charge is 0.494 e. The number of carbonyl (C=O) groups is 2. The summed E-state index contributed by atoms with van der Waals surface area (Å²) in [6.45, 7) is 3.91. The lowest BCUT2D eigenvalue weighted by molar-refractivity contribution is 0.0697. The van der Waals surface area contributed by atoms with Crippen molar-refractivity contribution in [2.75, 3.05) is 31.1 Å². The third-order valence-electron chi connectivity index (χ3n) is 7.41. The van der Waals surface area contributed by atoms with Crippen molar-refractivity contribution in [3.63, 3.8) is 0 Å². The molecule has 0 spiro atoms. The maximum atomic E-state index is 14.2. The van der Waals surface area contributed by atoms with Crippen LogP contribution in [0, 0.1) is 5.82 Å². The summed E-state index contributed by atoms with van der Waals surface area (Å²) in [5.41, 5.74) is 2.48. The molecule has 0 radical (unpaired) electrons. The number of hydrogen-bond donors (Lipinski definition) is 2. The predicted octanol–water partition coefficient (Wildman–Crippen LogP) is 5.59. The van der Waals surface area contributed by atoms with Crippen molar-refractivity contribution in [1.82, 2.24) is 14.9 Å². The van der Waals surface area contributed by atoms with Crippen molar-refractivity contribution in [3.05, 3.63) is 108 Å². The molecule has 0 bridgehead atoms. The Morgan fingerprint density at radius 3 is 2.64 bits per heavy atom. The standard InChI is InChI=1S/C33H29FN4O4/c1-2-42-26-8-5-7-25(18-26)38-20-28(36-32(38)21-10-12-24(34)13-11-21)31(39)30-19-35-14-15-37(30)29-17-23(33(40)41)16-22-6-3-4-9-27(22)29/h3-13,16-18,20,30,35H,2,14-15,19H2,1H3,(H,40,41). The van der Waals surface area contributed by atoms with Gasteiger partial charge in [0.1, 0.15) is 29.1 Å². The minimum absolute atomic E-state index is 0.158. The van der Waals surface area contributed by atoms with Gasteiger partial charge in [0.05, 0.1) is 17.9 Å². The van der Waals surface area contributed by atoms with Gasteiger partial charge in [0, 0.05) is 48.5 Å². The van der Waals surface area contributed by atoms with E-state index >= 15 is 0 Å². The Bertz CT molecular complexity index is 1780. The lowest BCUT2D eigenvalue weighted by Crippen LogP contribution is -2.55. The van der Waals surface area contributed by atoms with E-state index in [-0.39, 0.29) is 22.9 Å². The molecule has 1 aliphatic heterocycles. The van der Waals surface area contributed by atoms with Crippen LogP contribution in [0.15, 0.2) is 91.1 Å². The van der Waals surface area contributed by atoms with Crippen molar-refractivity contribution in [1.29, 1.82) is 0 Å². The van der Waals surface area contributed by atoms with Crippen LogP contribution in [0.4, 0.5) is 10.1 Å². The van der Waals surface area contributed by atoms with Gasteiger partial charge >= 0.3 is 5.97 Å². The van der Waals surface area contributed by atoms with E-state index in [1.807, 2.05) is 64.9 Å². The van der Waals surface area contributed by atoms with Crippen LogP contribution in [0.3, 0.4) is 0 Å². The average molecular weight is 565 g/mol. The van der Waals surface area contributed by atoms with Crippen LogP contribution < -0.4 is 15.0 Å². The Balaban J connectivity index is 1.45. The highest BCUT2D eigenvalue weighted by Gasteiger charge is 2.33. The first-order valence-corrected chi connectivity index (χ1v) is 13.8. The third kappa shape index (κ3) is 5.22. The number of piperazine rings is 1. The molecule has 2 heterocycles. The molecule has 0 saturated carbocycles. The van der Waals surface area contributed by atoms with Crippen molar-refractivity contribution in [3.8, 4) is 22.8 Å². The van der Waals surface area contributed by atoms with Crippen LogP contribution in [-0.4, -0.2) is 58.7 Å². The number of rotatable bonds is 8. The van der Waals surface area contributed by atoms with Gasteiger partial charge in [-0.1, -0.05) is 30.3 Å². The molecule has 1 unspecified atom stereocenters. The second-order valence-electron chi connectivity index (χ2n) is 10.1. The van der Waals surface area contributed by atoms with Gasteiger partial charge in [-0.3, -0.25) is 9.36 Å². The number of hydrogen-bond acceptors (Lipinski definition) is 6. The van der Waals surface area contributed by atoms with E-state index in [1.54, 1.807) is 30.5 Å². The number of aromatic carboxylic acids is 1. The smallest absolute Gasteiger partial charge is 0.335 e. The fourth-order valence-electron chi connectivity index (χ4n) is 5.44. The van der Waals surface area contributed by atoms with Crippen molar-refractivity contribution >= 4 is 28.2 Å². The fraction of sp³-hybridized carbons (Fsp3) is 0.182. The quantitative estimate of drug-likeness (QED) is 0.237. The molecular weight excluding hydrogens is 535 g/mol. The first-order chi connectivity index (χ1) is 20.4. The zero-order valence-electron chi connectivity index (χ0n) is 23.0. The van der Waals surface area contributed by atoms with Gasteiger partial charge in [-0.15, -0.1) is 0 Å². The molecule has 212 valence electrons.